The lowest BCUT2D eigenvalue weighted by atomic mass is 10.1. The van der Waals surface area contributed by atoms with Gasteiger partial charge in [-0.15, -0.1) is 0 Å². The Balaban J connectivity index is 2.80. The van der Waals surface area contributed by atoms with Crippen LogP contribution in [0.1, 0.15) is 0 Å². The SMILES string of the molecule is O=CC=C1CSCC1=CC=O. The fourth-order valence-corrected chi connectivity index (χ4v) is 2.04. The minimum atomic E-state index is 0.764. The first-order valence-corrected chi connectivity index (χ1v) is 4.40. The summed E-state index contributed by atoms with van der Waals surface area (Å²) in [5.74, 6) is 1.69. The van der Waals surface area contributed by atoms with Gasteiger partial charge in [0, 0.05) is 11.5 Å². The maximum Gasteiger partial charge on any atom is 0.143 e. The van der Waals surface area contributed by atoms with Crippen LogP contribution in [-0.2, 0) is 9.59 Å². The summed E-state index contributed by atoms with van der Waals surface area (Å²) >= 11 is 1.72. The molecule has 0 atom stereocenters. The molecule has 1 fully saturated rings. The fraction of sp³-hybridized carbons (Fsp3) is 0.250. The molecule has 0 aromatic rings. The highest BCUT2D eigenvalue weighted by molar-refractivity contribution is 8.00. The minimum Gasteiger partial charge on any atom is -0.299 e. The van der Waals surface area contributed by atoms with Crippen LogP contribution in [0, 0.1) is 0 Å². The van der Waals surface area contributed by atoms with Gasteiger partial charge in [-0.25, -0.2) is 0 Å². The van der Waals surface area contributed by atoms with Crippen molar-refractivity contribution in [2.45, 2.75) is 0 Å². The molecule has 1 aliphatic rings. The molecule has 0 radical (unpaired) electrons. The van der Waals surface area contributed by atoms with Crippen LogP contribution in [0.15, 0.2) is 23.3 Å². The van der Waals surface area contributed by atoms with Gasteiger partial charge in [-0.3, -0.25) is 9.59 Å². The van der Waals surface area contributed by atoms with Crippen molar-refractivity contribution in [1.82, 2.24) is 0 Å². The molecule has 0 aromatic heterocycles. The fourth-order valence-electron chi connectivity index (χ4n) is 0.931. The first-order chi connectivity index (χ1) is 5.38. The minimum absolute atomic E-state index is 0.764. The number of rotatable bonds is 2. The number of hydrogen-bond acceptors (Lipinski definition) is 3. The average Bonchev–Trinajstić information content (AvgIpc) is 2.39. The third-order valence-electron chi connectivity index (χ3n) is 1.47. The number of thioether (sulfide) groups is 1. The van der Waals surface area contributed by atoms with Crippen molar-refractivity contribution in [3.8, 4) is 0 Å². The molecule has 1 aliphatic heterocycles. The Morgan fingerprint density at radius 3 is 1.82 bits per heavy atom. The third-order valence-corrected chi connectivity index (χ3v) is 2.50. The van der Waals surface area contributed by atoms with E-state index in [0.29, 0.717) is 0 Å². The zero-order valence-corrected chi connectivity index (χ0v) is 6.76. The molecule has 0 spiro atoms. The standard InChI is InChI=1S/C8H8O2S/c9-3-1-7-5-11-6-8(7)2-4-10/h1-4H,5-6H2. The third kappa shape index (κ3) is 2.05. The van der Waals surface area contributed by atoms with Crippen LogP contribution in [0.3, 0.4) is 0 Å². The number of hydrogen-bond donors (Lipinski definition) is 0. The molecule has 11 heavy (non-hydrogen) atoms. The Bertz CT molecular complexity index is 204. The molecule has 58 valence electrons. The lowest BCUT2D eigenvalue weighted by Gasteiger charge is -1.92. The summed E-state index contributed by atoms with van der Waals surface area (Å²) in [5, 5.41) is 0. The van der Waals surface area contributed by atoms with E-state index in [4.69, 9.17) is 0 Å². The number of allylic oxidation sites excluding steroid dienone is 2. The topological polar surface area (TPSA) is 34.1 Å². The maximum atomic E-state index is 10.1. The molecule has 3 heteroatoms. The first-order valence-electron chi connectivity index (χ1n) is 3.25. The smallest absolute Gasteiger partial charge is 0.143 e. The monoisotopic (exact) mass is 168 g/mol. The second-order valence-electron chi connectivity index (χ2n) is 2.15. The Morgan fingerprint density at radius 2 is 1.45 bits per heavy atom. The van der Waals surface area contributed by atoms with Gasteiger partial charge in [-0.05, 0) is 23.3 Å². The molecule has 2 nitrogen and oxygen atoms in total. The van der Waals surface area contributed by atoms with Crippen molar-refractivity contribution in [1.29, 1.82) is 0 Å². The molecule has 0 aromatic carbocycles. The number of aldehydes is 2. The van der Waals surface area contributed by atoms with Crippen LogP contribution in [-0.4, -0.2) is 24.1 Å². The van der Waals surface area contributed by atoms with E-state index in [2.05, 4.69) is 0 Å². The zero-order chi connectivity index (χ0) is 8.10. The molecular weight excluding hydrogens is 160 g/mol. The van der Waals surface area contributed by atoms with Crippen LogP contribution in [0.25, 0.3) is 0 Å². The van der Waals surface area contributed by atoms with E-state index in [1.807, 2.05) is 0 Å². The summed E-state index contributed by atoms with van der Waals surface area (Å²) in [6, 6.07) is 0. The van der Waals surface area contributed by atoms with E-state index in [9.17, 15) is 9.59 Å². The molecule has 0 aliphatic carbocycles. The maximum absolute atomic E-state index is 10.1. The van der Waals surface area contributed by atoms with Crippen molar-refractivity contribution in [3.05, 3.63) is 23.3 Å². The molecule has 0 N–H and O–H groups in total. The lowest BCUT2D eigenvalue weighted by Crippen LogP contribution is -1.85. The van der Waals surface area contributed by atoms with Crippen molar-refractivity contribution in [3.63, 3.8) is 0 Å². The summed E-state index contributed by atoms with van der Waals surface area (Å²) in [6.45, 7) is 0. The first kappa shape index (κ1) is 8.27. The van der Waals surface area contributed by atoms with Gasteiger partial charge in [0.1, 0.15) is 12.6 Å². The Morgan fingerprint density at radius 1 is 1.00 bits per heavy atom. The summed E-state index contributed by atoms with van der Waals surface area (Å²) in [5.41, 5.74) is 1.97. The second kappa shape index (κ2) is 4.13. The predicted molar refractivity (Wildman–Crippen MR) is 45.6 cm³/mol. The van der Waals surface area contributed by atoms with Gasteiger partial charge >= 0.3 is 0 Å². The van der Waals surface area contributed by atoms with Gasteiger partial charge in [-0.2, -0.15) is 11.8 Å². The van der Waals surface area contributed by atoms with Crippen molar-refractivity contribution in [2.24, 2.45) is 0 Å². The zero-order valence-electron chi connectivity index (χ0n) is 5.95. The molecule has 0 amide bonds. The highest BCUT2D eigenvalue weighted by atomic mass is 32.2. The molecule has 1 heterocycles. The quantitative estimate of drug-likeness (QED) is 0.455. The van der Waals surface area contributed by atoms with Gasteiger partial charge < -0.3 is 0 Å². The van der Waals surface area contributed by atoms with Crippen LogP contribution in [0.5, 0.6) is 0 Å². The summed E-state index contributed by atoms with van der Waals surface area (Å²) in [6.07, 6.45) is 4.57. The van der Waals surface area contributed by atoms with E-state index in [1.54, 1.807) is 11.8 Å². The Kier molecular flexibility index (Phi) is 3.11. The van der Waals surface area contributed by atoms with Crippen LogP contribution >= 0.6 is 11.8 Å². The number of carbonyl (C=O) groups excluding carboxylic acids is 2. The van der Waals surface area contributed by atoms with Crippen molar-refractivity contribution in [2.75, 3.05) is 11.5 Å². The molecule has 1 rings (SSSR count). The highest BCUT2D eigenvalue weighted by Crippen LogP contribution is 2.27. The molecule has 0 bridgehead atoms. The van der Waals surface area contributed by atoms with Gasteiger partial charge in [0.05, 0.1) is 0 Å². The summed E-state index contributed by atoms with van der Waals surface area (Å²) in [7, 11) is 0. The lowest BCUT2D eigenvalue weighted by molar-refractivity contribution is -0.105. The van der Waals surface area contributed by atoms with E-state index >= 15 is 0 Å². The average molecular weight is 168 g/mol. The van der Waals surface area contributed by atoms with Crippen LogP contribution in [0.4, 0.5) is 0 Å². The van der Waals surface area contributed by atoms with E-state index in [1.165, 1.54) is 12.2 Å². The molecule has 0 saturated carbocycles. The largest absolute Gasteiger partial charge is 0.299 e. The normalized spacial score (nSPS) is 24.4. The van der Waals surface area contributed by atoms with Crippen molar-refractivity contribution < 1.29 is 9.59 Å². The number of carbonyl (C=O) groups is 2. The van der Waals surface area contributed by atoms with Crippen molar-refractivity contribution >= 4 is 24.3 Å². The molecule has 0 unspecified atom stereocenters. The summed E-state index contributed by atoms with van der Waals surface area (Å²) < 4.78 is 0. The Hall–Kier alpha value is -0.830. The molecule has 1 saturated heterocycles. The van der Waals surface area contributed by atoms with Gasteiger partial charge in [0.25, 0.3) is 0 Å². The van der Waals surface area contributed by atoms with E-state index in [0.717, 1.165) is 35.2 Å². The molecular formula is C8H8O2S. The van der Waals surface area contributed by atoms with Crippen LogP contribution < -0.4 is 0 Å². The second-order valence-corrected chi connectivity index (χ2v) is 3.13. The highest BCUT2D eigenvalue weighted by Gasteiger charge is 2.12. The van der Waals surface area contributed by atoms with Gasteiger partial charge in [-0.1, -0.05) is 0 Å². The van der Waals surface area contributed by atoms with E-state index < -0.39 is 0 Å². The summed E-state index contributed by atoms with van der Waals surface area (Å²) in [4.78, 5) is 20.2. The van der Waals surface area contributed by atoms with E-state index in [-0.39, 0.29) is 0 Å². The Labute approximate surface area is 69.4 Å². The van der Waals surface area contributed by atoms with Gasteiger partial charge in [0.15, 0.2) is 0 Å². The van der Waals surface area contributed by atoms with Crippen LogP contribution in [0.2, 0.25) is 0 Å². The predicted octanol–water partition coefficient (Wildman–Crippen LogP) is 0.984. The van der Waals surface area contributed by atoms with Gasteiger partial charge in [0.2, 0.25) is 0 Å².